The Morgan fingerprint density at radius 2 is 1.93 bits per heavy atom. The normalized spacial score (nSPS) is 19.6. The lowest BCUT2D eigenvalue weighted by molar-refractivity contribution is -0.384. The summed E-state index contributed by atoms with van der Waals surface area (Å²) in [7, 11) is 0. The van der Waals surface area contributed by atoms with Gasteiger partial charge in [-0.15, -0.1) is 0 Å². The third-order valence-corrected chi connectivity index (χ3v) is 4.38. The number of hydrogen-bond donors (Lipinski definition) is 1. The molecule has 8 nitrogen and oxygen atoms in total. The van der Waals surface area contributed by atoms with Crippen LogP contribution in [0.1, 0.15) is 31.2 Å². The third-order valence-electron chi connectivity index (χ3n) is 4.38. The Morgan fingerprint density at radius 3 is 2.56 bits per heavy atom. The van der Waals surface area contributed by atoms with E-state index in [-0.39, 0.29) is 23.7 Å². The molecule has 0 atom stereocenters. The van der Waals surface area contributed by atoms with Gasteiger partial charge in [-0.3, -0.25) is 19.9 Å². The fourth-order valence-corrected chi connectivity index (χ4v) is 2.97. The van der Waals surface area contributed by atoms with Crippen molar-refractivity contribution in [2.75, 3.05) is 0 Å². The highest BCUT2D eigenvalue weighted by atomic mass is 16.6. The maximum absolute atomic E-state index is 12.1. The first-order valence-electron chi connectivity index (χ1n) is 8.76. The van der Waals surface area contributed by atoms with E-state index in [9.17, 15) is 14.9 Å². The lowest BCUT2D eigenvalue weighted by Gasteiger charge is -2.28. The fourth-order valence-electron chi connectivity index (χ4n) is 2.97. The SMILES string of the molecule is O=C(/C=C/c1ccc([N+](=O)[O-])cc1)NC1CCC(Oc2cnccn2)CC1. The quantitative estimate of drug-likeness (QED) is 0.477. The number of hydrogen-bond acceptors (Lipinski definition) is 6. The zero-order valence-electron chi connectivity index (χ0n) is 14.7. The molecule has 1 aromatic carbocycles. The van der Waals surface area contributed by atoms with Crippen molar-refractivity contribution >= 4 is 17.7 Å². The van der Waals surface area contributed by atoms with Crippen LogP contribution in [0.2, 0.25) is 0 Å². The molecule has 0 unspecified atom stereocenters. The van der Waals surface area contributed by atoms with Crippen molar-refractivity contribution < 1.29 is 14.5 Å². The molecule has 27 heavy (non-hydrogen) atoms. The summed E-state index contributed by atoms with van der Waals surface area (Å²) in [5, 5.41) is 13.6. The second kappa shape index (κ2) is 8.88. The van der Waals surface area contributed by atoms with Crippen LogP contribution in [-0.4, -0.2) is 32.9 Å². The van der Waals surface area contributed by atoms with Gasteiger partial charge in [0.15, 0.2) is 0 Å². The largest absolute Gasteiger partial charge is 0.473 e. The van der Waals surface area contributed by atoms with E-state index in [1.165, 1.54) is 18.2 Å². The smallest absolute Gasteiger partial charge is 0.269 e. The second-order valence-corrected chi connectivity index (χ2v) is 6.33. The number of ether oxygens (including phenoxy) is 1. The Balaban J connectivity index is 1.43. The van der Waals surface area contributed by atoms with Gasteiger partial charge in [-0.05, 0) is 49.5 Å². The van der Waals surface area contributed by atoms with Crippen LogP contribution >= 0.6 is 0 Å². The first-order chi connectivity index (χ1) is 13.1. The van der Waals surface area contributed by atoms with E-state index in [1.807, 2.05) is 0 Å². The Kier molecular flexibility index (Phi) is 6.09. The molecule has 2 aromatic rings. The second-order valence-electron chi connectivity index (χ2n) is 6.33. The summed E-state index contributed by atoms with van der Waals surface area (Å²) in [4.78, 5) is 30.3. The molecular weight excluding hydrogens is 348 g/mol. The summed E-state index contributed by atoms with van der Waals surface area (Å²) < 4.78 is 5.79. The number of benzene rings is 1. The van der Waals surface area contributed by atoms with Gasteiger partial charge in [-0.2, -0.15) is 0 Å². The molecule has 1 aromatic heterocycles. The Morgan fingerprint density at radius 1 is 1.19 bits per heavy atom. The number of aromatic nitrogens is 2. The number of amides is 1. The minimum Gasteiger partial charge on any atom is -0.473 e. The van der Waals surface area contributed by atoms with E-state index < -0.39 is 4.92 Å². The van der Waals surface area contributed by atoms with Gasteiger partial charge in [-0.25, -0.2) is 4.98 Å². The van der Waals surface area contributed by atoms with Crippen molar-refractivity contribution in [1.82, 2.24) is 15.3 Å². The number of nitrogens with one attached hydrogen (secondary N) is 1. The average Bonchev–Trinajstić information content (AvgIpc) is 2.69. The zero-order valence-corrected chi connectivity index (χ0v) is 14.7. The summed E-state index contributed by atoms with van der Waals surface area (Å²) in [6.07, 6.45) is 11.3. The van der Waals surface area contributed by atoms with Crippen LogP contribution in [0.25, 0.3) is 6.08 Å². The highest BCUT2D eigenvalue weighted by Gasteiger charge is 2.23. The van der Waals surface area contributed by atoms with Gasteiger partial charge < -0.3 is 10.1 Å². The molecule has 1 N–H and O–H groups in total. The molecule has 8 heteroatoms. The number of nitro groups is 1. The third kappa shape index (κ3) is 5.60. The van der Waals surface area contributed by atoms with Crippen LogP contribution in [0.4, 0.5) is 5.69 Å². The van der Waals surface area contributed by atoms with E-state index in [1.54, 1.807) is 36.8 Å². The van der Waals surface area contributed by atoms with Gasteiger partial charge in [0.2, 0.25) is 11.8 Å². The first kappa shape index (κ1) is 18.5. The van der Waals surface area contributed by atoms with Crippen molar-refractivity contribution in [2.24, 2.45) is 0 Å². The molecule has 0 spiro atoms. The standard InChI is InChI=1S/C19H20N4O4/c24-18(10-3-14-1-6-16(7-2-14)23(25)26)22-15-4-8-17(9-5-15)27-19-13-20-11-12-21-19/h1-3,6-7,10-13,15,17H,4-5,8-9H2,(H,22,24)/b10-3+. The van der Waals surface area contributed by atoms with Crippen molar-refractivity contribution in [3.8, 4) is 5.88 Å². The van der Waals surface area contributed by atoms with Gasteiger partial charge in [0.1, 0.15) is 6.10 Å². The average molecular weight is 368 g/mol. The number of carbonyl (C=O) groups excluding carboxylic acids is 1. The summed E-state index contributed by atoms with van der Waals surface area (Å²) >= 11 is 0. The maximum Gasteiger partial charge on any atom is 0.269 e. The minimum absolute atomic E-state index is 0.0251. The summed E-state index contributed by atoms with van der Waals surface area (Å²) in [6.45, 7) is 0. The molecule has 0 bridgehead atoms. The summed E-state index contributed by atoms with van der Waals surface area (Å²) in [6, 6.07) is 6.15. The van der Waals surface area contributed by atoms with E-state index in [2.05, 4.69) is 15.3 Å². The first-order valence-corrected chi connectivity index (χ1v) is 8.76. The van der Waals surface area contributed by atoms with Crippen LogP contribution in [0, 0.1) is 10.1 Å². The maximum atomic E-state index is 12.1. The molecule has 1 amide bonds. The van der Waals surface area contributed by atoms with Gasteiger partial charge in [0.25, 0.3) is 5.69 Å². The fraction of sp³-hybridized carbons (Fsp3) is 0.316. The van der Waals surface area contributed by atoms with Gasteiger partial charge in [0, 0.05) is 36.6 Å². The number of non-ortho nitro benzene ring substituents is 1. The van der Waals surface area contributed by atoms with Crippen molar-refractivity contribution in [3.63, 3.8) is 0 Å². The van der Waals surface area contributed by atoms with Crippen LogP contribution in [0.5, 0.6) is 5.88 Å². The molecule has 0 saturated heterocycles. The van der Waals surface area contributed by atoms with Crippen LogP contribution in [0.15, 0.2) is 48.9 Å². The molecule has 140 valence electrons. The van der Waals surface area contributed by atoms with Gasteiger partial charge in [0.05, 0.1) is 11.1 Å². The van der Waals surface area contributed by atoms with Crippen molar-refractivity contribution in [1.29, 1.82) is 0 Å². The predicted molar refractivity (Wildman–Crippen MR) is 99.0 cm³/mol. The van der Waals surface area contributed by atoms with E-state index in [0.717, 1.165) is 31.2 Å². The van der Waals surface area contributed by atoms with Crippen molar-refractivity contribution in [3.05, 3.63) is 64.6 Å². The Labute approximate surface area is 156 Å². The summed E-state index contributed by atoms with van der Waals surface area (Å²) in [5.41, 5.74) is 0.758. The number of nitrogens with zero attached hydrogens (tertiary/aromatic N) is 3. The molecule has 1 heterocycles. The number of carbonyl (C=O) groups is 1. The van der Waals surface area contributed by atoms with Crippen LogP contribution < -0.4 is 10.1 Å². The highest BCUT2D eigenvalue weighted by Crippen LogP contribution is 2.22. The molecule has 1 aliphatic rings. The molecule has 1 saturated carbocycles. The van der Waals surface area contributed by atoms with Gasteiger partial charge >= 0.3 is 0 Å². The van der Waals surface area contributed by atoms with Crippen molar-refractivity contribution in [2.45, 2.75) is 37.8 Å². The molecular formula is C19H20N4O4. The lowest BCUT2D eigenvalue weighted by atomic mass is 9.93. The van der Waals surface area contributed by atoms with E-state index >= 15 is 0 Å². The molecule has 0 aliphatic heterocycles. The lowest BCUT2D eigenvalue weighted by Crippen LogP contribution is -2.39. The number of nitro benzene ring substituents is 1. The molecule has 3 rings (SSSR count). The molecule has 1 aliphatic carbocycles. The van der Waals surface area contributed by atoms with E-state index in [4.69, 9.17) is 4.74 Å². The molecule has 0 radical (unpaired) electrons. The Bertz CT molecular complexity index is 800. The van der Waals surface area contributed by atoms with Gasteiger partial charge in [-0.1, -0.05) is 0 Å². The number of rotatable bonds is 6. The topological polar surface area (TPSA) is 107 Å². The zero-order chi connectivity index (χ0) is 19.1. The van der Waals surface area contributed by atoms with Crippen LogP contribution in [0.3, 0.4) is 0 Å². The van der Waals surface area contributed by atoms with E-state index in [0.29, 0.717) is 5.88 Å². The molecule has 1 fully saturated rings. The highest BCUT2D eigenvalue weighted by molar-refractivity contribution is 5.91. The monoisotopic (exact) mass is 368 g/mol. The van der Waals surface area contributed by atoms with Crippen LogP contribution in [-0.2, 0) is 4.79 Å². The predicted octanol–water partition coefficient (Wildman–Crippen LogP) is 2.90. The minimum atomic E-state index is -0.454. The Hall–Kier alpha value is -3.29. The summed E-state index contributed by atoms with van der Waals surface area (Å²) in [5.74, 6) is 0.350.